The number of amides is 1. The molecule has 1 fully saturated rings. The van der Waals surface area contributed by atoms with Gasteiger partial charge in [0.1, 0.15) is 5.75 Å². The largest absolute Gasteiger partial charge is 0.492 e. The van der Waals surface area contributed by atoms with Crippen molar-refractivity contribution in [1.82, 2.24) is 0 Å². The second-order valence-electron chi connectivity index (χ2n) is 4.01. The Morgan fingerprint density at radius 2 is 2.28 bits per heavy atom. The molecule has 1 heterocycles. The lowest BCUT2D eigenvalue weighted by Crippen LogP contribution is -2.47. The van der Waals surface area contributed by atoms with E-state index in [1.54, 1.807) is 12.1 Å². The predicted octanol–water partition coefficient (Wildman–Crippen LogP) is 1.79. The molecule has 18 heavy (non-hydrogen) atoms. The summed E-state index contributed by atoms with van der Waals surface area (Å²) in [5, 5.41) is 9.37. The number of aliphatic hydroxyl groups excluding tert-OH is 1. The molecule has 5 heteroatoms. The summed E-state index contributed by atoms with van der Waals surface area (Å²) < 4.78 is 10.5. The van der Waals surface area contributed by atoms with Crippen LogP contribution in [0.5, 0.6) is 5.75 Å². The molecule has 1 aliphatic rings. The lowest BCUT2D eigenvalue weighted by atomic mass is 10.1. The molecule has 0 radical (unpaired) electrons. The normalized spacial score (nSPS) is 19.6. The molecule has 1 N–H and O–H groups in total. The summed E-state index contributed by atoms with van der Waals surface area (Å²) in [6.07, 6.45) is 0.176. The number of rotatable bonds is 4. The molecule has 2 rings (SSSR count). The molecule has 1 unspecified atom stereocenters. The van der Waals surface area contributed by atoms with Crippen LogP contribution in [-0.2, 0) is 4.74 Å². The van der Waals surface area contributed by atoms with Crippen molar-refractivity contribution in [3.05, 3.63) is 24.3 Å². The first kappa shape index (κ1) is 12.7. The third-order valence-corrected chi connectivity index (χ3v) is 2.87. The Morgan fingerprint density at radius 3 is 3.00 bits per heavy atom. The minimum Gasteiger partial charge on any atom is -0.492 e. The van der Waals surface area contributed by atoms with Gasteiger partial charge in [0.2, 0.25) is 0 Å². The quantitative estimate of drug-likeness (QED) is 0.886. The average Bonchev–Trinajstić information content (AvgIpc) is 2.40. The highest BCUT2D eigenvalue weighted by Crippen LogP contribution is 2.32. The van der Waals surface area contributed by atoms with Gasteiger partial charge in [0.15, 0.2) is 0 Å². The lowest BCUT2D eigenvalue weighted by molar-refractivity contribution is 0.115. The van der Waals surface area contributed by atoms with Crippen LogP contribution in [0.4, 0.5) is 10.5 Å². The number of cyclic esters (lactones) is 1. The van der Waals surface area contributed by atoms with Crippen LogP contribution < -0.4 is 9.64 Å². The van der Waals surface area contributed by atoms with E-state index in [-0.39, 0.29) is 12.6 Å². The second-order valence-corrected chi connectivity index (χ2v) is 4.01. The summed E-state index contributed by atoms with van der Waals surface area (Å²) in [6.45, 7) is 2.66. The Kier molecular flexibility index (Phi) is 4.04. The Labute approximate surface area is 106 Å². The van der Waals surface area contributed by atoms with Gasteiger partial charge in [-0.25, -0.2) is 4.79 Å². The van der Waals surface area contributed by atoms with Crippen LogP contribution in [0, 0.1) is 0 Å². The van der Waals surface area contributed by atoms with Crippen molar-refractivity contribution in [3.63, 3.8) is 0 Å². The maximum absolute atomic E-state index is 11.9. The van der Waals surface area contributed by atoms with Crippen molar-refractivity contribution >= 4 is 11.8 Å². The number of benzene rings is 1. The number of para-hydroxylation sites is 2. The molecule has 1 aliphatic heterocycles. The summed E-state index contributed by atoms with van der Waals surface area (Å²) >= 11 is 0. The fourth-order valence-electron chi connectivity index (χ4n) is 2.03. The summed E-state index contributed by atoms with van der Waals surface area (Å²) in [4.78, 5) is 13.3. The molecule has 5 nitrogen and oxygen atoms in total. The Morgan fingerprint density at radius 1 is 1.50 bits per heavy atom. The van der Waals surface area contributed by atoms with E-state index in [2.05, 4.69) is 0 Å². The maximum atomic E-state index is 11.9. The lowest BCUT2D eigenvalue weighted by Gasteiger charge is -2.34. The minimum absolute atomic E-state index is 0.0877. The SMILES string of the molecule is CCOc1ccccc1N1C(=O)OCCC1CO. The average molecular weight is 251 g/mol. The first-order valence-corrected chi connectivity index (χ1v) is 6.06. The topological polar surface area (TPSA) is 59.0 Å². The number of aliphatic hydroxyl groups is 1. The van der Waals surface area contributed by atoms with Gasteiger partial charge in [-0.2, -0.15) is 0 Å². The number of anilines is 1. The van der Waals surface area contributed by atoms with Crippen LogP contribution in [-0.4, -0.2) is 37.1 Å². The van der Waals surface area contributed by atoms with E-state index in [1.165, 1.54) is 4.90 Å². The van der Waals surface area contributed by atoms with Crippen molar-refractivity contribution < 1.29 is 19.4 Å². The number of carbonyl (C=O) groups excluding carboxylic acids is 1. The maximum Gasteiger partial charge on any atom is 0.414 e. The van der Waals surface area contributed by atoms with E-state index in [1.807, 2.05) is 19.1 Å². The van der Waals surface area contributed by atoms with E-state index in [4.69, 9.17) is 9.47 Å². The van der Waals surface area contributed by atoms with Gasteiger partial charge < -0.3 is 14.6 Å². The summed E-state index contributed by atoms with van der Waals surface area (Å²) in [6, 6.07) is 7.01. The monoisotopic (exact) mass is 251 g/mol. The summed E-state index contributed by atoms with van der Waals surface area (Å²) in [5.74, 6) is 0.623. The first-order valence-electron chi connectivity index (χ1n) is 6.06. The van der Waals surface area contributed by atoms with E-state index < -0.39 is 6.09 Å². The van der Waals surface area contributed by atoms with Crippen molar-refractivity contribution in [2.24, 2.45) is 0 Å². The van der Waals surface area contributed by atoms with Crippen LogP contribution in [0.3, 0.4) is 0 Å². The third-order valence-electron chi connectivity index (χ3n) is 2.87. The highest BCUT2D eigenvalue weighted by molar-refractivity contribution is 5.91. The molecule has 0 spiro atoms. The molecule has 1 amide bonds. The Hall–Kier alpha value is -1.75. The number of hydrogen-bond acceptors (Lipinski definition) is 4. The molecule has 98 valence electrons. The standard InChI is InChI=1S/C13H17NO4/c1-2-17-12-6-4-3-5-11(12)14-10(9-15)7-8-18-13(14)16/h3-6,10,15H,2,7-9H2,1H3. The third kappa shape index (κ3) is 2.41. The van der Waals surface area contributed by atoms with Crippen molar-refractivity contribution in [3.8, 4) is 5.75 Å². The number of hydrogen-bond donors (Lipinski definition) is 1. The van der Waals surface area contributed by atoms with Crippen molar-refractivity contribution in [2.45, 2.75) is 19.4 Å². The Bertz CT molecular complexity index is 421. The zero-order chi connectivity index (χ0) is 13.0. The fraction of sp³-hybridized carbons (Fsp3) is 0.462. The molecule has 1 saturated heterocycles. The predicted molar refractivity (Wildman–Crippen MR) is 66.9 cm³/mol. The van der Waals surface area contributed by atoms with Crippen molar-refractivity contribution in [2.75, 3.05) is 24.7 Å². The molecule has 0 aliphatic carbocycles. The van der Waals surface area contributed by atoms with Gasteiger partial charge in [0.25, 0.3) is 0 Å². The number of nitrogens with zero attached hydrogens (tertiary/aromatic N) is 1. The van der Waals surface area contributed by atoms with Gasteiger partial charge in [-0.3, -0.25) is 4.90 Å². The van der Waals surface area contributed by atoms with E-state index in [0.717, 1.165) is 0 Å². The summed E-state index contributed by atoms with van der Waals surface area (Å²) in [5.41, 5.74) is 0.642. The van der Waals surface area contributed by atoms with Crippen molar-refractivity contribution in [1.29, 1.82) is 0 Å². The van der Waals surface area contributed by atoms with Gasteiger partial charge in [0.05, 0.1) is 31.5 Å². The smallest absolute Gasteiger partial charge is 0.414 e. The second kappa shape index (κ2) is 5.73. The Balaban J connectivity index is 2.35. The highest BCUT2D eigenvalue weighted by Gasteiger charge is 2.32. The van der Waals surface area contributed by atoms with Gasteiger partial charge in [0, 0.05) is 6.42 Å². The molecule has 0 bridgehead atoms. The number of ether oxygens (including phenoxy) is 2. The molecule has 1 aromatic carbocycles. The zero-order valence-electron chi connectivity index (χ0n) is 10.3. The number of carbonyl (C=O) groups is 1. The van der Waals surface area contributed by atoms with Gasteiger partial charge in [-0.15, -0.1) is 0 Å². The minimum atomic E-state index is -0.438. The molecule has 0 saturated carbocycles. The van der Waals surface area contributed by atoms with Gasteiger partial charge in [-0.05, 0) is 19.1 Å². The molecule has 0 aromatic heterocycles. The fourth-order valence-corrected chi connectivity index (χ4v) is 2.03. The van der Waals surface area contributed by atoms with Gasteiger partial charge in [-0.1, -0.05) is 12.1 Å². The van der Waals surface area contributed by atoms with Crippen LogP contribution in [0.25, 0.3) is 0 Å². The molecule has 1 atom stereocenters. The van der Waals surface area contributed by atoms with E-state index >= 15 is 0 Å². The highest BCUT2D eigenvalue weighted by atomic mass is 16.6. The van der Waals surface area contributed by atoms with E-state index in [9.17, 15) is 9.90 Å². The first-order chi connectivity index (χ1) is 8.77. The molecular weight excluding hydrogens is 234 g/mol. The van der Waals surface area contributed by atoms with Crippen LogP contribution in [0.15, 0.2) is 24.3 Å². The zero-order valence-corrected chi connectivity index (χ0v) is 10.3. The van der Waals surface area contributed by atoms with Crippen LogP contribution >= 0.6 is 0 Å². The van der Waals surface area contributed by atoms with Crippen LogP contribution in [0.1, 0.15) is 13.3 Å². The molecular formula is C13H17NO4. The van der Waals surface area contributed by atoms with Crippen LogP contribution in [0.2, 0.25) is 0 Å². The van der Waals surface area contributed by atoms with Gasteiger partial charge >= 0.3 is 6.09 Å². The molecule has 1 aromatic rings. The summed E-state index contributed by atoms with van der Waals surface area (Å²) in [7, 11) is 0. The van der Waals surface area contributed by atoms with E-state index in [0.29, 0.717) is 31.1 Å².